The van der Waals surface area contributed by atoms with Crippen LogP contribution in [0.15, 0.2) is 85.0 Å². The molecule has 1 unspecified atom stereocenters. The maximum atomic E-state index is 14.5. The Morgan fingerprint density at radius 3 is 1.98 bits per heavy atom. The quantitative estimate of drug-likeness (QED) is 0.370. The van der Waals surface area contributed by atoms with E-state index in [1.165, 1.54) is 0 Å². The van der Waals surface area contributed by atoms with E-state index in [2.05, 4.69) is 0 Å². The minimum absolute atomic E-state index is 0.00501. The first kappa shape index (κ1) is 28.4. The van der Waals surface area contributed by atoms with Gasteiger partial charge in [-0.3, -0.25) is 14.4 Å². The number of carbonyl (C=O) groups is 3. The van der Waals surface area contributed by atoms with Gasteiger partial charge in [0, 0.05) is 39.3 Å². The molecule has 8 heteroatoms. The normalized spacial score (nSPS) is 30.3. The summed E-state index contributed by atoms with van der Waals surface area (Å²) in [5, 5.41) is 9.47. The third-order valence-electron chi connectivity index (χ3n) is 9.35. The van der Waals surface area contributed by atoms with Crippen molar-refractivity contribution in [1.29, 1.82) is 0 Å². The lowest BCUT2D eigenvalue weighted by atomic mass is 9.73. The van der Waals surface area contributed by atoms with Gasteiger partial charge in [0.1, 0.15) is 11.6 Å². The maximum Gasteiger partial charge on any atom is 0.249 e. The van der Waals surface area contributed by atoms with E-state index in [0.29, 0.717) is 52.0 Å². The molecule has 4 aliphatic heterocycles. The van der Waals surface area contributed by atoms with Crippen LogP contribution in [0.3, 0.4) is 0 Å². The van der Waals surface area contributed by atoms with E-state index in [0.717, 1.165) is 11.1 Å². The second-order valence-corrected chi connectivity index (χ2v) is 11.8. The smallest absolute Gasteiger partial charge is 0.249 e. The predicted molar refractivity (Wildman–Crippen MR) is 158 cm³/mol. The largest absolute Gasteiger partial charge is 0.396 e. The first-order valence-electron chi connectivity index (χ1n) is 15.1. The number of likely N-dealkylation sites (tertiary alicyclic amines) is 1. The fraction of sp³-hybridized carbons (Fsp3) is 0.441. The number of nitrogens with zero attached hydrogens (tertiary/aromatic N) is 3. The first-order chi connectivity index (χ1) is 20.4. The van der Waals surface area contributed by atoms with E-state index < -0.39 is 29.1 Å². The van der Waals surface area contributed by atoms with Crippen molar-refractivity contribution in [3.05, 3.63) is 96.1 Å². The van der Waals surface area contributed by atoms with Crippen LogP contribution < -0.4 is 0 Å². The summed E-state index contributed by atoms with van der Waals surface area (Å²) >= 11 is 0. The molecule has 2 aromatic rings. The Bertz CT molecular complexity index is 1380. The molecule has 220 valence electrons. The number of amides is 3. The Morgan fingerprint density at radius 1 is 0.786 bits per heavy atom. The fourth-order valence-electron chi connectivity index (χ4n) is 7.38. The first-order valence-corrected chi connectivity index (χ1v) is 15.1. The van der Waals surface area contributed by atoms with E-state index in [4.69, 9.17) is 4.74 Å². The monoisotopic (exact) mass is 569 g/mol. The molecule has 0 aromatic heterocycles. The second-order valence-electron chi connectivity index (χ2n) is 11.8. The minimum atomic E-state index is -1.27. The lowest BCUT2D eigenvalue weighted by Gasteiger charge is -2.38. The van der Waals surface area contributed by atoms with Gasteiger partial charge in [-0.1, -0.05) is 91.9 Å². The summed E-state index contributed by atoms with van der Waals surface area (Å²) in [6.07, 6.45) is 9.35. The molecular formula is C34H39N3O5. The highest BCUT2D eigenvalue weighted by Crippen LogP contribution is 2.58. The number of unbranched alkanes of at least 4 members (excludes halogenated alkanes) is 1. The predicted octanol–water partition coefficient (Wildman–Crippen LogP) is 3.32. The van der Waals surface area contributed by atoms with Gasteiger partial charge in [-0.15, -0.1) is 0 Å². The van der Waals surface area contributed by atoms with Gasteiger partial charge in [-0.25, -0.2) is 0 Å². The van der Waals surface area contributed by atoms with Crippen LogP contribution in [0.2, 0.25) is 0 Å². The molecule has 8 nitrogen and oxygen atoms in total. The molecule has 0 bridgehead atoms. The number of aliphatic hydroxyl groups excluding tert-OH is 1. The van der Waals surface area contributed by atoms with Gasteiger partial charge in [0.15, 0.2) is 0 Å². The Labute approximate surface area is 247 Å². The molecular weight excluding hydrogens is 530 g/mol. The number of rotatable bonds is 9. The van der Waals surface area contributed by atoms with Gasteiger partial charge in [-0.2, -0.15) is 0 Å². The third kappa shape index (κ3) is 4.67. The number of ether oxygens (including phenoxy) is 1. The van der Waals surface area contributed by atoms with Crippen molar-refractivity contribution < 1.29 is 24.2 Å². The highest BCUT2D eigenvalue weighted by Gasteiger charge is 2.75. The molecule has 2 fully saturated rings. The molecule has 2 saturated heterocycles. The second kappa shape index (κ2) is 11.5. The Hall–Kier alpha value is -3.75. The summed E-state index contributed by atoms with van der Waals surface area (Å²) in [4.78, 5) is 48.6. The van der Waals surface area contributed by atoms with Crippen LogP contribution in [0, 0.1) is 11.8 Å². The zero-order valence-electron chi connectivity index (χ0n) is 24.1. The van der Waals surface area contributed by atoms with Gasteiger partial charge in [0.2, 0.25) is 17.7 Å². The number of hydrogen-bond donors (Lipinski definition) is 1. The van der Waals surface area contributed by atoms with Crippen molar-refractivity contribution >= 4 is 17.7 Å². The van der Waals surface area contributed by atoms with Gasteiger partial charge >= 0.3 is 0 Å². The molecule has 4 heterocycles. The summed E-state index contributed by atoms with van der Waals surface area (Å²) in [5.74, 6) is -2.11. The fourth-order valence-corrected chi connectivity index (χ4v) is 7.38. The van der Waals surface area contributed by atoms with E-state index in [1.807, 2.05) is 91.9 Å². The lowest BCUT2D eigenvalue weighted by molar-refractivity contribution is -0.154. The molecule has 0 aliphatic carbocycles. The number of hydrogen-bond acceptors (Lipinski definition) is 5. The SMILES string of the molecule is CC[C@@]12C=CCN(Cc3ccccc3)C(=O)[C@@H]1[C@H]1C(=O)N(CCCCO)C3C(=O)N(Cc4ccccc4)CC=C[C@@]31O2. The van der Waals surface area contributed by atoms with Crippen LogP contribution >= 0.6 is 0 Å². The molecule has 0 radical (unpaired) electrons. The number of aliphatic hydroxyl groups is 1. The molecule has 6 rings (SSSR count). The summed E-state index contributed by atoms with van der Waals surface area (Å²) in [6, 6.07) is 18.8. The zero-order valence-corrected chi connectivity index (χ0v) is 24.1. The minimum Gasteiger partial charge on any atom is -0.396 e. The highest BCUT2D eigenvalue weighted by molar-refractivity contribution is 6.00. The average molecular weight is 570 g/mol. The van der Waals surface area contributed by atoms with Crippen molar-refractivity contribution in [3.63, 3.8) is 0 Å². The number of benzene rings is 2. The molecule has 0 saturated carbocycles. The topological polar surface area (TPSA) is 90.4 Å². The van der Waals surface area contributed by atoms with Gasteiger partial charge in [0.25, 0.3) is 0 Å². The molecule has 4 aliphatic rings. The van der Waals surface area contributed by atoms with E-state index >= 15 is 0 Å². The Balaban J connectivity index is 1.41. The third-order valence-corrected chi connectivity index (χ3v) is 9.35. The van der Waals surface area contributed by atoms with E-state index in [-0.39, 0.29) is 24.3 Å². The van der Waals surface area contributed by atoms with Crippen molar-refractivity contribution in [2.75, 3.05) is 26.2 Å². The Kier molecular flexibility index (Phi) is 7.77. The lowest BCUT2D eigenvalue weighted by Crippen LogP contribution is -2.56. The van der Waals surface area contributed by atoms with Crippen molar-refractivity contribution in [2.45, 2.75) is 56.5 Å². The summed E-state index contributed by atoms with van der Waals surface area (Å²) < 4.78 is 7.04. The molecule has 5 atom stereocenters. The Morgan fingerprint density at radius 2 is 1.38 bits per heavy atom. The van der Waals surface area contributed by atoms with Gasteiger partial charge in [-0.05, 0) is 30.4 Å². The standard InChI is InChI=1S/C34H39N3O5/c1-2-33-17-11-19-35(23-25-13-5-3-6-14-25)30(39)27(33)28-31(40)37(21-9-10-22-38)29-32(41)36(20-12-18-34(28,29)42-33)24-26-15-7-4-8-16-26/h3-8,11-18,27-29,38H,2,9-10,19-24H2,1H3/t27-,28-,29?,33+,34-/m0/s1. The zero-order chi connectivity index (χ0) is 29.3. The van der Waals surface area contributed by atoms with Crippen molar-refractivity contribution in [3.8, 4) is 0 Å². The van der Waals surface area contributed by atoms with Crippen LogP contribution in [0.1, 0.15) is 37.3 Å². The van der Waals surface area contributed by atoms with Crippen LogP contribution in [-0.4, -0.2) is 81.0 Å². The van der Waals surface area contributed by atoms with Gasteiger partial charge in [0.05, 0.1) is 17.4 Å². The van der Waals surface area contributed by atoms with E-state index in [1.54, 1.807) is 14.7 Å². The van der Waals surface area contributed by atoms with Crippen LogP contribution in [0.5, 0.6) is 0 Å². The van der Waals surface area contributed by atoms with Crippen LogP contribution in [-0.2, 0) is 32.2 Å². The summed E-state index contributed by atoms with van der Waals surface area (Å²) in [6.45, 7) is 3.95. The average Bonchev–Trinajstić information content (AvgIpc) is 3.30. The van der Waals surface area contributed by atoms with Crippen molar-refractivity contribution in [1.82, 2.24) is 14.7 Å². The highest BCUT2D eigenvalue weighted by atomic mass is 16.5. The van der Waals surface area contributed by atoms with Crippen molar-refractivity contribution in [2.24, 2.45) is 11.8 Å². The van der Waals surface area contributed by atoms with Crippen LogP contribution in [0.25, 0.3) is 0 Å². The molecule has 1 N–H and O–H groups in total. The van der Waals surface area contributed by atoms with E-state index in [9.17, 15) is 19.5 Å². The number of fused-ring (bicyclic) bond motifs is 2. The molecule has 1 spiro atoms. The number of carbonyl (C=O) groups excluding carboxylic acids is 3. The summed E-state index contributed by atoms with van der Waals surface area (Å²) in [5.41, 5.74) is -0.258. The molecule has 42 heavy (non-hydrogen) atoms. The molecule has 2 aromatic carbocycles. The summed E-state index contributed by atoms with van der Waals surface area (Å²) in [7, 11) is 0. The van der Waals surface area contributed by atoms with Gasteiger partial charge < -0.3 is 24.5 Å². The maximum absolute atomic E-state index is 14.5. The molecule has 3 amide bonds. The van der Waals surface area contributed by atoms with Crippen LogP contribution in [0.4, 0.5) is 0 Å².